The van der Waals surface area contributed by atoms with Crippen LogP contribution in [0.5, 0.6) is 0 Å². The fourth-order valence-corrected chi connectivity index (χ4v) is 7.96. The van der Waals surface area contributed by atoms with Crippen LogP contribution in [-0.4, -0.2) is 43.8 Å². The molecule has 2 amide bonds. The molecule has 0 heterocycles. The quantitative estimate of drug-likeness (QED) is 0.158. The predicted molar refractivity (Wildman–Crippen MR) is 190 cm³/mol. The Labute approximate surface area is 287 Å². The fourth-order valence-electron chi connectivity index (χ4n) is 6.08. The maximum Gasteiger partial charge on any atom is 0.264 e. The Morgan fingerprint density at radius 1 is 0.809 bits per heavy atom. The van der Waals surface area contributed by atoms with Gasteiger partial charge in [-0.05, 0) is 72.4 Å². The number of nitrogens with one attached hydrogen (secondary N) is 1. The Balaban J connectivity index is 1.56. The van der Waals surface area contributed by atoms with E-state index >= 15 is 0 Å². The van der Waals surface area contributed by atoms with Crippen LogP contribution in [0.15, 0.2) is 119 Å². The van der Waals surface area contributed by atoms with Crippen molar-refractivity contribution >= 4 is 43.5 Å². The number of rotatable bonds is 13. The average Bonchev–Trinajstić information content (AvgIpc) is 3.10. The Hall–Kier alpha value is -3.95. The highest BCUT2D eigenvalue weighted by atomic mass is 79.9. The van der Waals surface area contributed by atoms with Crippen LogP contribution in [0.25, 0.3) is 0 Å². The van der Waals surface area contributed by atoms with Crippen molar-refractivity contribution < 1.29 is 18.0 Å². The standard InChI is InChI=1S/C38H42BrN3O4S/c1-2-29-21-23-34(24-22-29)42(47(45,46)35-19-10-5-11-20-35)28-37(43)41(27-31-15-12-16-32(39)25-31)36(26-30-13-6-3-7-14-30)38(44)40-33-17-8-4-9-18-33/h3,5-7,10-16,19-25,33,36H,2,4,8-9,17-18,26-28H2,1H3,(H,40,44)/t36-/m1/s1. The Morgan fingerprint density at radius 3 is 2.09 bits per heavy atom. The molecule has 1 aliphatic rings. The number of hydrogen-bond donors (Lipinski definition) is 1. The Bertz CT molecular complexity index is 1730. The van der Waals surface area contributed by atoms with E-state index in [4.69, 9.17) is 0 Å². The molecule has 1 atom stereocenters. The summed E-state index contributed by atoms with van der Waals surface area (Å²) in [6, 6.07) is 31.8. The molecule has 1 saturated carbocycles. The third kappa shape index (κ3) is 9.11. The smallest absolute Gasteiger partial charge is 0.264 e. The predicted octanol–water partition coefficient (Wildman–Crippen LogP) is 7.30. The first-order valence-corrected chi connectivity index (χ1v) is 18.5. The molecule has 1 N–H and O–H groups in total. The number of nitrogens with zero attached hydrogens (tertiary/aromatic N) is 2. The molecule has 5 rings (SSSR count). The van der Waals surface area contributed by atoms with Crippen molar-refractivity contribution in [3.63, 3.8) is 0 Å². The summed E-state index contributed by atoms with van der Waals surface area (Å²) in [6.07, 6.45) is 6.15. The summed E-state index contributed by atoms with van der Waals surface area (Å²) in [4.78, 5) is 30.5. The number of anilines is 1. The molecule has 0 bridgehead atoms. The van der Waals surface area contributed by atoms with Gasteiger partial charge in [-0.15, -0.1) is 0 Å². The third-order valence-corrected chi connectivity index (χ3v) is 11.0. The number of amides is 2. The van der Waals surface area contributed by atoms with Crippen LogP contribution in [0.4, 0.5) is 5.69 Å². The van der Waals surface area contributed by atoms with E-state index in [2.05, 4.69) is 21.2 Å². The van der Waals surface area contributed by atoms with Gasteiger partial charge in [-0.2, -0.15) is 0 Å². The number of benzene rings is 4. The molecule has 1 fully saturated rings. The first kappa shape index (κ1) is 34.4. The molecule has 0 spiro atoms. The first-order chi connectivity index (χ1) is 22.7. The molecular formula is C38H42BrN3O4S. The highest BCUT2D eigenvalue weighted by Crippen LogP contribution is 2.26. The van der Waals surface area contributed by atoms with Crippen molar-refractivity contribution in [2.24, 2.45) is 0 Å². The zero-order chi connectivity index (χ0) is 33.2. The number of halogens is 1. The van der Waals surface area contributed by atoms with Crippen molar-refractivity contribution in [3.8, 4) is 0 Å². The van der Waals surface area contributed by atoms with Crippen LogP contribution < -0.4 is 9.62 Å². The summed E-state index contributed by atoms with van der Waals surface area (Å²) in [5.74, 6) is -0.697. The largest absolute Gasteiger partial charge is 0.352 e. The van der Waals surface area contributed by atoms with Gasteiger partial charge < -0.3 is 10.2 Å². The minimum atomic E-state index is -4.13. The maximum absolute atomic E-state index is 14.7. The average molecular weight is 717 g/mol. The van der Waals surface area contributed by atoms with Crippen LogP contribution >= 0.6 is 15.9 Å². The maximum atomic E-state index is 14.7. The Morgan fingerprint density at radius 2 is 1.45 bits per heavy atom. The van der Waals surface area contributed by atoms with Crippen LogP contribution in [0, 0.1) is 0 Å². The summed E-state index contributed by atoms with van der Waals surface area (Å²) in [5.41, 5.74) is 3.16. The van der Waals surface area contributed by atoms with E-state index < -0.39 is 28.5 Å². The minimum Gasteiger partial charge on any atom is -0.352 e. The third-order valence-electron chi connectivity index (χ3n) is 8.71. The zero-order valence-corrected chi connectivity index (χ0v) is 29.1. The second-order valence-corrected chi connectivity index (χ2v) is 14.8. The summed E-state index contributed by atoms with van der Waals surface area (Å²) in [6.45, 7) is 1.68. The molecule has 0 radical (unpaired) electrons. The molecule has 0 aliphatic heterocycles. The van der Waals surface area contributed by atoms with E-state index in [-0.39, 0.29) is 29.8 Å². The van der Waals surface area contributed by atoms with Gasteiger partial charge in [0, 0.05) is 23.5 Å². The van der Waals surface area contributed by atoms with Crippen molar-refractivity contribution in [2.45, 2.75) is 75.4 Å². The number of carbonyl (C=O) groups is 2. The molecular weight excluding hydrogens is 674 g/mol. The molecule has 0 saturated heterocycles. The zero-order valence-electron chi connectivity index (χ0n) is 26.7. The topological polar surface area (TPSA) is 86.8 Å². The first-order valence-electron chi connectivity index (χ1n) is 16.3. The lowest BCUT2D eigenvalue weighted by Crippen LogP contribution is -2.55. The van der Waals surface area contributed by atoms with Crippen LogP contribution in [0.1, 0.15) is 55.7 Å². The monoisotopic (exact) mass is 715 g/mol. The highest BCUT2D eigenvalue weighted by molar-refractivity contribution is 9.10. The van der Waals surface area contributed by atoms with Gasteiger partial charge in [0.25, 0.3) is 10.0 Å². The Kier molecular flexibility index (Phi) is 11.9. The van der Waals surface area contributed by atoms with Gasteiger partial charge >= 0.3 is 0 Å². The van der Waals surface area contributed by atoms with E-state index in [0.717, 1.165) is 64.0 Å². The molecule has 0 aromatic heterocycles. The van der Waals surface area contributed by atoms with Gasteiger partial charge in [0.15, 0.2) is 0 Å². The van der Waals surface area contributed by atoms with Crippen LogP contribution in [0.2, 0.25) is 0 Å². The van der Waals surface area contributed by atoms with Crippen molar-refractivity contribution in [1.82, 2.24) is 10.2 Å². The SMILES string of the molecule is CCc1ccc(N(CC(=O)N(Cc2cccc(Br)c2)[C@H](Cc2ccccc2)C(=O)NC2CCCCC2)S(=O)(=O)c2ccccc2)cc1. The molecule has 4 aromatic rings. The molecule has 9 heteroatoms. The molecule has 0 unspecified atom stereocenters. The van der Waals surface area contributed by atoms with Gasteiger partial charge in [0.1, 0.15) is 12.6 Å². The minimum absolute atomic E-state index is 0.0457. The number of hydrogen-bond acceptors (Lipinski definition) is 4. The molecule has 1 aliphatic carbocycles. The van der Waals surface area contributed by atoms with Crippen molar-refractivity contribution in [2.75, 3.05) is 10.8 Å². The fraction of sp³-hybridized carbons (Fsp3) is 0.316. The normalized spacial score (nSPS) is 14.3. The van der Waals surface area contributed by atoms with Gasteiger partial charge in [-0.3, -0.25) is 13.9 Å². The number of aryl methyl sites for hydroxylation is 1. The highest BCUT2D eigenvalue weighted by Gasteiger charge is 2.35. The van der Waals surface area contributed by atoms with Gasteiger partial charge in [-0.1, -0.05) is 115 Å². The van der Waals surface area contributed by atoms with E-state index in [1.54, 1.807) is 35.2 Å². The second-order valence-electron chi connectivity index (χ2n) is 12.0. The summed E-state index contributed by atoms with van der Waals surface area (Å²) in [7, 11) is -4.13. The lowest BCUT2D eigenvalue weighted by atomic mass is 9.94. The van der Waals surface area contributed by atoms with E-state index in [0.29, 0.717) is 5.69 Å². The van der Waals surface area contributed by atoms with Gasteiger partial charge in [0.2, 0.25) is 11.8 Å². The summed E-state index contributed by atoms with van der Waals surface area (Å²) in [5, 5.41) is 3.25. The number of sulfonamides is 1. The lowest BCUT2D eigenvalue weighted by molar-refractivity contribution is -0.140. The molecule has 4 aromatic carbocycles. The molecule has 47 heavy (non-hydrogen) atoms. The molecule has 246 valence electrons. The lowest BCUT2D eigenvalue weighted by Gasteiger charge is -2.35. The summed E-state index contributed by atoms with van der Waals surface area (Å²) >= 11 is 3.54. The second kappa shape index (κ2) is 16.2. The van der Waals surface area contributed by atoms with Crippen molar-refractivity contribution in [3.05, 3.63) is 130 Å². The van der Waals surface area contributed by atoms with E-state index in [1.165, 1.54) is 12.1 Å². The van der Waals surface area contributed by atoms with Crippen LogP contribution in [-0.2, 0) is 39.0 Å². The van der Waals surface area contributed by atoms with Crippen LogP contribution in [0.3, 0.4) is 0 Å². The number of carbonyl (C=O) groups excluding carboxylic acids is 2. The van der Waals surface area contributed by atoms with Gasteiger partial charge in [-0.25, -0.2) is 8.42 Å². The van der Waals surface area contributed by atoms with E-state index in [9.17, 15) is 18.0 Å². The summed E-state index contributed by atoms with van der Waals surface area (Å²) < 4.78 is 30.4. The van der Waals surface area contributed by atoms with Crippen molar-refractivity contribution in [1.29, 1.82) is 0 Å². The van der Waals surface area contributed by atoms with Gasteiger partial charge in [0.05, 0.1) is 10.6 Å². The molecule has 7 nitrogen and oxygen atoms in total. The van der Waals surface area contributed by atoms with E-state index in [1.807, 2.05) is 73.7 Å².